The van der Waals surface area contributed by atoms with Crippen molar-refractivity contribution < 1.29 is 19.1 Å². The fourth-order valence-corrected chi connectivity index (χ4v) is 2.19. The van der Waals surface area contributed by atoms with Gasteiger partial charge in [0, 0.05) is 41.1 Å². The number of aromatic nitrogens is 2. The molecule has 0 atom stereocenters. The number of fused-ring (bicyclic) bond motifs is 1. The number of ether oxygens (including phenoxy) is 2. The lowest BCUT2D eigenvalue weighted by Crippen LogP contribution is -2.11. The first-order valence-electron chi connectivity index (χ1n) is 6.93. The molecule has 0 N–H and O–H groups in total. The van der Waals surface area contributed by atoms with Crippen LogP contribution in [0.3, 0.4) is 0 Å². The Bertz CT molecular complexity index is 855. The van der Waals surface area contributed by atoms with E-state index in [0.717, 1.165) is 16.3 Å². The molecule has 3 rings (SSSR count). The lowest BCUT2D eigenvalue weighted by molar-refractivity contribution is 0.0601. The molecule has 0 unspecified atom stereocenters. The predicted molar refractivity (Wildman–Crippen MR) is 83.1 cm³/mol. The number of rotatable bonds is 3. The number of pyridine rings is 1. The second-order valence-corrected chi connectivity index (χ2v) is 4.92. The van der Waals surface area contributed by atoms with Crippen LogP contribution in [-0.4, -0.2) is 28.7 Å². The molecule has 0 aliphatic carbocycles. The predicted octanol–water partition coefficient (Wildman–Crippen LogP) is 3.01. The molecule has 2 heterocycles. The molecule has 0 spiro atoms. The molecular formula is C17H14N2O4. The average Bonchev–Trinajstić information content (AvgIpc) is 3.03. The van der Waals surface area contributed by atoms with Gasteiger partial charge in [0.2, 0.25) is 0 Å². The quantitative estimate of drug-likeness (QED) is 0.695. The fourth-order valence-electron chi connectivity index (χ4n) is 2.19. The highest BCUT2D eigenvalue weighted by Gasteiger charge is 2.11. The van der Waals surface area contributed by atoms with Crippen molar-refractivity contribution in [2.45, 2.75) is 6.61 Å². The fraction of sp³-hybridized carbons (Fsp3) is 0.118. The second-order valence-electron chi connectivity index (χ2n) is 4.92. The molecule has 0 amide bonds. The van der Waals surface area contributed by atoms with Crippen molar-refractivity contribution in [2.24, 2.45) is 0 Å². The van der Waals surface area contributed by atoms with E-state index in [1.165, 1.54) is 11.7 Å². The number of hydrogen-bond acceptors (Lipinski definition) is 5. The van der Waals surface area contributed by atoms with Gasteiger partial charge in [-0.3, -0.25) is 9.55 Å². The molecule has 0 saturated carbocycles. The number of esters is 1. The SMILES string of the molecule is COC(=O)c1ccc2cn(C(=O)OCc3cccnc3)cc2c1. The smallest absolute Gasteiger partial charge is 0.418 e. The first kappa shape index (κ1) is 14.8. The normalized spacial score (nSPS) is 10.5. The van der Waals surface area contributed by atoms with Crippen LogP contribution in [0.4, 0.5) is 4.79 Å². The van der Waals surface area contributed by atoms with E-state index in [-0.39, 0.29) is 6.61 Å². The van der Waals surface area contributed by atoms with Gasteiger partial charge in [-0.25, -0.2) is 9.59 Å². The number of benzene rings is 1. The van der Waals surface area contributed by atoms with Crippen LogP contribution in [0.2, 0.25) is 0 Å². The van der Waals surface area contributed by atoms with Gasteiger partial charge in [0.15, 0.2) is 0 Å². The summed E-state index contributed by atoms with van der Waals surface area (Å²) in [4.78, 5) is 27.6. The topological polar surface area (TPSA) is 70.4 Å². The van der Waals surface area contributed by atoms with Gasteiger partial charge in [-0.15, -0.1) is 0 Å². The van der Waals surface area contributed by atoms with Gasteiger partial charge in [0.25, 0.3) is 0 Å². The van der Waals surface area contributed by atoms with Crippen LogP contribution in [0.15, 0.2) is 55.1 Å². The lowest BCUT2D eigenvalue weighted by Gasteiger charge is -2.04. The second kappa shape index (κ2) is 6.31. The molecule has 23 heavy (non-hydrogen) atoms. The number of hydrogen-bond donors (Lipinski definition) is 0. The summed E-state index contributed by atoms with van der Waals surface area (Å²) in [5.41, 5.74) is 1.24. The van der Waals surface area contributed by atoms with Crippen molar-refractivity contribution in [3.8, 4) is 0 Å². The highest BCUT2D eigenvalue weighted by molar-refractivity contribution is 5.96. The average molecular weight is 310 g/mol. The Morgan fingerprint density at radius 1 is 1.17 bits per heavy atom. The molecule has 3 aromatic rings. The molecule has 6 nitrogen and oxygen atoms in total. The molecule has 0 fully saturated rings. The molecule has 2 aromatic heterocycles. The molecular weight excluding hydrogens is 296 g/mol. The van der Waals surface area contributed by atoms with Crippen molar-refractivity contribution in [1.82, 2.24) is 9.55 Å². The molecule has 0 aliphatic rings. The summed E-state index contributed by atoms with van der Waals surface area (Å²) in [7, 11) is 1.33. The minimum absolute atomic E-state index is 0.147. The molecule has 6 heteroatoms. The highest BCUT2D eigenvalue weighted by atomic mass is 16.5. The van der Waals surface area contributed by atoms with E-state index < -0.39 is 12.1 Å². The molecule has 0 bridgehead atoms. The molecule has 0 saturated heterocycles. The van der Waals surface area contributed by atoms with E-state index in [1.54, 1.807) is 49.1 Å². The van der Waals surface area contributed by atoms with Crippen LogP contribution >= 0.6 is 0 Å². The van der Waals surface area contributed by atoms with E-state index in [1.807, 2.05) is 6.07 Å². The number of methoxy groups -OCH3 is 1. The number of carbonyl (C=O) groups excluding carboxylic acids is 2. The Hall–Kier alpha value is -3.15. The maximum atomic E-state index is 12.1. The maximum absolute atomic E-state index is 12.1. The van der Waals surface area contributed by atoms with Gasteiger partial charge in [-0.05, 0) is 18.2 Å². The van der Waals surface area contributed by atoms with Gasteiger partial charge < -0.3 is 9.47 Å². The van der Waals surface area contributed by atoms with Crippen molar-refractivity contribution in [1.29, 1.82) is 0 Å². The Balaban J connectivity index is 1.77. The summed E-state index contributed by atoms with van der Waals surface area (Å²) in [5, 5.41) is 1.59. The molecule has 0 radical (unpaired) electrons. The van der Waals surface area contributed by atoms with Crippen LogP contribution in [0.1, 0.15) is 15.9 Å². The third kappa shape index (κ3) is 3.21. The van der Waals surface area contributed by atoms with Crippen LogP contribution < -0.4 is 0 Å². The lowest BCUT2D eigenvalue weighted by atomic mass is 10.1. The summed E-state index contributed by atoms with van der Waals surface area (Å²) in [6.07, 6.45) is 6.07. The third-order valence-corrected chi connectivity index (χ3v) is 3.36. The van der Waals surface area contributed by atoms with Gasteiger partial charge >= 0.3 is 12.1 Å². The Labute approximate surface area is 132 Å². The van der Waals surface area contributed by atoms with E-state index in [9.17, 15) is 9.59 Å². The van der Waals surface area contributed by atoms with Crippen LogP contribution in [0, 0.1) is 0 Å². The van der Waals surface area contributed by atoms with Crippen molar-refractivity contribution >= 4 is 22.8 Å². The van der Waals surface area contributed by atoms with Crippen LogP contribution in [0.25, 0.3) is 10.8 Å². The Morgan fingerprint density at radius 3 is 2.74 bits per heavy atom. The summed E-state index contributed by atoms with van der Waals surface area (Å²) < 4.78 is 11.3. The van der Waals surface area contributed by atoms with Gasteiger partial charge in [0.1, 0.15) is 6.61 Å². The van der Waals surface area contributed by atoms with Crippen molar-refractivity contribution in [3.63, 3.8) is 0 Å². The van der Waals surface area contributed by atoms with Crippen molar-refractivity contribution in [3.05, 3.63) is 66.2 Å². The highest BCUT2D eigenvalue weighted by Crippen LogP contribution is 2.18. The monoisotopic (exact) mass is 310 g/mol. The first-order valence-corrected chi connectivity index (χ1v) is 6.93. The standard InChI is InChI=1S/C17H14N2O4/c1-22-16(20)13-4-5-14-9-19(10-15(14)7-13)17(21)23-11-12-3-2-6-18-8-12/h2-10H,11H2,1H3. The zero-order chi connectivity index (χ0) is 16.2. The minimum Gasteiger partial charge on any atom is -0.465 e. The van der Waals surface area contributed by atoms with Crippen molar-refractivity contribution in [2.75, 3.05) is 7.11 Å². The zero-order valence-electron chi connectivity index (χ0n) is 12.4. The Morgan fingerprint density at radius 2 is 2.00 bits per heavy atom. The van der Waals surface area contributed by atoms with E-state index >= 15 is 0 Å². The number of nitrogens with zero attached hydrogens (tertiary/aromatic N) is 2. The summed E-state index contributed by atoms with van der Waals surface area (Å²) >= 11 is 0. The molecule has 0 aliphatic heterocycles. The molecule has 1 aromatic carbocycles. The first-order chi connectivity index (χ1) is 11.2. The Kier molecular flexibility index (Phi) is 4.05. The van der Waals surface area contributed by atoms with Gasteiger partial charge in [-0.2, -0.15) is 0 Å². The van der Waals surface area contributed by atoms with Crippen LogP contribution in [0.5, 0.6) is 0 Å². The zero-order valence-corrected chi connectivity index (χ0v) is 12.4. The third-order valence-electron chi connectivity index (χ3n) is 3.36. The summed E-state index contributed by atoms with van der Waals surface area (Å²) in [6, 6.07) is 8.69. The summed E-state index contributed by atoms with van der Waals surface area (Å²) in [6.45, 7) is 0.147. The van der Waals surface area contributed by atoms with E-state index in [4.69, 9.17) is 4.74 Å². The maximum Gasteiger partial charge on any atom is 0.418 e. The van der Waals surface area contributed by atoms with E-state index in [0.29, 0.717) is 5.56 Å². The summed E-state index contributed by atoms with van der Waals surface area (Å²) in [5.74, 6) is -0.418. The van der Waals surface area contributed by atoms with Gasteiger partial charge in [-0.1, -0.05) is 12.1 Å². The van der Waals surface area contributed by atoms with Gasteiger partial charge in [0.05, 0.1) is 12.7 Å². The van der Waals surface area contributed by atoms with Crippen LogP contribution in [-0.2, 0) is 16.1 Å². The molecule has 116 valence electrons. The number of carbonyl (C=O) groups is 2. The largest absolute Gasteiger partial charge is 0.465 e. The minimum atomic E-state index is -0.496. The van der Waals surface area contributed by atoms with E-state index in [2.05, 4.69) is 9.72 Å².